The van der Waals surface area contributed by atoms with E-state index < -0.39 is 6.09 Å². The average molecular weight is 235 g/mol. The van der Waals surface area contributed by atoms with Crippen molar-refractivity contribution in [3.63, 3.8) is 0 Å². The van der Waals surface area contributed by atoms with Crippen LogP contribution in [0, 0.1) is 0 Å². The van der Waals surface area contributed by atoms with Gasteiger partial charge in [0.1, 0.15) is 11.5 Å². The molecule has 0 N–H and O–H groups in total. The fourth-order valence-corrected chi connectivity index (χ4v) is 1.66. The van der Waals surface area contributed by atoms with Gasteiger partial charge in [-0.3, -0.25) is 4.79 Å². The van der Waals surface area contributed by atoms with Gasteiger partial charge in [-0.25, -0.2) is 9.69 Å². The van der Waals surface area contributed by atoms with Crippen molar-refractivity contribution in [1.82, 2.24) is 4.90 Å². The first kappa shape index (κ1) is 11.4. The lowest BCUT2D eigenvalue weighted by molar-refractivity contribution is -0.125. The topological polar surface area (TPSA) is 55.8 Å². The number of hydrogen-bond acceptors (Lipinski definition) is 4. The molecular formula is C12H13NO4. The first-order valence-corrected chi connectivity index (χ1v) is 5.37. The minimum atomic E-state index is -0.624. The van der Waals surface area contributed by atoms with E-state index in [-0.39, 0.29) is 5.91 Å². The Labute approximate surface area is 98.9 Å². The third kappa shape index (κ3) is 2.55. The van der Waals surface area contributed by atoms with Crippen LogP contribution >= 0.6 is 0 Å². The van der Waals surface area contributed by atoms with Gasteiger partial charge in [0.15, 0.2) is 0 Å². The number of carbonyl (C=O) groups excluding carboxylic acids is 2. The molecule has 0 radical (unpaired) electrons. The van der Waals surface area contributed by atoms with Crippen LogP contribution in [0.3, 0.4) is 0 Å². The molecule has 0 bridgehead atoms. The molecule has 5 heteroatoms. The Balaban J connectivity index is 2.04. The van der Waals surface area contributed by atoms with Crippen LogP contribution in [0.5, 0.6) is 11.5 Å². The molecule has 0 atom stereocenters. The Kier molecular flexibility index (Phi) is 3.27. The van der Waals surface area contributed by atoms with Gasteiger partial charge in [0.05, 0.1) is 7.11 Å². The molecular weight excluding hydrogens is 222 g/mol. The van der Waals surface area contributed by atoms with Crippen LogP contribution in [0.2, 0.25) is 0 Å². The molecule has 1 fully saturated rings. The summed E-state index contributed by atoms with van der Waals surface area (Å²) in [6.07, 6.45) is 0.486. The quantitative estimate of drug-likeness (QED) is 0.784. The first-order valence-electron chi connectivity index (χ1n) is 5.37. The maximum atomic E-state index is 11.7. The predicted molar refractivity (Wildman–Crippen MR) is 60.0 cm³/mol. The molecule has 90 valence electrons. The van der Waals surface area contributed by atoms with E-state index in [0.29, 0.717) is 30.9 Å². The Bertz CT molecular complexity index is 444. The van der Waals surface area contributed by atoms with E-state index in [9.17, 15) is 9.59 Å². The van der Waals surface area contributed by atoms with Crippen molar-refractivity contribution in [3.05, 3.63) is 24.3 Å². The van der Waals surface area contributed by atoms with Crippen molar-refractivity contribution in [3.8, 4) is 11.5 Å². The van der Waals surface area contributed by atoms with Gasteiger partial charge in [-0.05, 0) is 18.6 Å². The molecule has 0 aromatic heterocycles. The number of ether oxygens (including phenoxy) is 2. The lowest BCUT2D eigenvalue weighted by Crippen LogP contribution is -2.34. The average Bonchev–Trinajstić information content (AvgIpc) is 2.76. The van der Waals surface area contributed by atoms with Crippen LogP contribution in [-0.2, 0) is 4.79 Å². The Hall–Kier alpha value is -2.04. The number of likely N-dealkylation sites (tertiary alicyclic amines) is 1. The van der Waals surface area contributed by atoms with Crippen molar-refractivity contribution < 1.29 is 19.1 Å². The summed E-state index contributed by atoms with van der Waals surface area (Å²) in [5, 5.41) is 0. The second kappa shape index (κ2) is 4.86. The van der Waals surface area contributed by atoms with Crippen LogP contribution in [0.25, 0.3) is 0 Å². The molecule has 17 heavy (non-hydrogen) atoms. The van der Waals surface area contributed by atoms with E-state index >= 15 is 0 Å². The van der Waals surface area contributed by atoms with Gasteiger partial charge in [0.25, 0.3) is 0 Å². The Morgan fingerprint density at radius 1 is 1.35 bits per heavy atom. The van der Waals surface area contributed by atoms with E-state index in [2.05, 4.69) is 0 Å². The number of rotatable bonds is 2. The molecule has 1 aliphatic rings. The van der Waals surface area contributed by atoms with Crippen LogP contribution < -0.4 is 9.47 Å². The lowest BCUT2D eigenvalue weighted by Gasteiger charge is -2.13. The van der Waals surface area contributed by atoms with Gasteiger partial charge in [-0.15, -0.1) is 0 Å². The van der Waals surface area contributed by atoms with Crippen LogP contribution in [0.1, 0.15) is 12.8 Å². The molecule has 1 aromatic rings. The highest BCUT2D eigenvalue weighted by Gasteiger charge is 2.28. The number of nitrogens with zero attached hydrogens (tertiary/aromatic N) is 1. The number of amides is 2. The zero-order chi connectivity index (χ0) is 12.3. The van der Waals surface area contributed by atoms with Gasteiger partial charge < -0.3 is 9.47 Å². The lowest BCUT2D eigenvalue weighted by atomic mass is 10.3. The fourth-order valence-electron chi connectivity index (χ4n) is 1.66. The molecule has 5 nitrogen and oxygen atoms in total. The van der Waals surface area contributed by atoms with Gasteiger partial charge in [0, 0.05) is 19.0 Å². The van der Waals surface area contributed by atoms with Gasteiger partial charge in [-0.1, -0.05) is 6.07 Å². The zero-order valence-electron chi connectivity index (χ0n) is 9.51. The van der Waals surface area contributed by atoms with E-state index in [1.807, 2.05) is 0 Å². The Morgan fingerprint density at radius 3 is 2.76 bits per heavy atom. The van der Waals surface area contributed by atoms with Crippen molar-refractivity contribution in [2.75, 3.05) is 13.7 Å². The molecule has 1 heterocycles. The van der Waals surface area contributed by atoms with Crippen LogP contribution in [-0.4, -0.2) is 30.6 Å². The fraction of sp³-hybridized carbons (Fsp3) is 0.333. The first-order chi connectivity index (χ1) is 8.20. The third-order valence-electron chi connectivity index (χ3n) is 2.54. The molecule has 2 amide bonds. The smallest absolute Gasteiger partial charge is 0.421 e. The number of carbonyl (C=O) groups is 2. The van der Waals surface area contributed by atoms with Crippen LogP contribution in [0.15, 0.2) is 24.3 Å². The maximum absolute atomic E-state index is 11.7. The van der Waals surface area contributed by atoms with Crippen molar-refractivity contribution >= 4 is 12.0 Å². The minimum absolute atomic E-state index is 0.183. The number of imide groups is 1. The summed E-state index contributed by atoms with van der Waals surface area (Å²) < 4.78 is 10.1. The summed E-state index contributed by atoms with van der Waals surface area (Å²) in [6.45, 7) is 0.432. The molecule has 0 aliphatic carbocycles. The number of benzene rings is 1. The van der Waals surface area contributed by atoms with Crippen molar-refractivity contribution in [2.24, 2.45) is 0 Å². The Morgan fingerprint density at radius 2 is 2.12 bits per heavy atom. The van der Waals surface area contributed by atoms with Gasteiger partial charge in [0.2, 0.25) is 5.91 Å². The van der Waals surface area contributed by atoms with E-state index in [1.54, 1.807) is 24.3 Å². The summed E-state index contributed by atoms with van der Waals surface area (Å²) >= 11 is 0. The molecule has 1 saturated heterocycles. The molecule has 0 spiro atoms. The highest BCUT2D eigenvalue weighted by Crippen LogP contribution is 2.20. The van der Waals surface area contributed by atoms with Crippen molar-refractivity contribution in [2.45, 2.75) is 12.8 Å². The number of hydrogen-bond donors (Lipinski definition) is 0. The second-order valence-electron chi connectivity index (χ2n) is 3.70. The summed E-state index contributed by atoms with van der Waals surface area (Å²) in [4.78, 5) is 24.1. The highest BCUT2D eigenvalue weighted by atomic mass is 16.6. The van der Waals surface area contributed by atoms with E-state index in [1.165, 1.54) is 7.11 Å². The summed E-state index contributed by atoms with van der Waals surface area (Å²) in [6, 6.07) is 6.70. The number of methoxy groups -OCH3 is 1. The van der Waals surface area contributed by atoms with Crippen LogP contribution in [0.4, 0.5) is 4.79 Å². The second-order valence-corrected chi connectivity index (χ2v) is 3.70. The maximum Gasteiger partial charge on any atom is 0.421 e. The molecule has 1 aliphatic heterocycles. The third-order valence-corrected chi connectivity index (χ3v) is 2.54. The van der Waals surface area contributed by atoms with Gasteiger partial charge in [-0.2, -0.15) is 0 Å². The summed E-state index contributed by atoms with van der Waals surface area (Å²) in [7, 11) is 1.53. The normalized spacial score (nSPS) is 14.9. The molecule has 0 saturated carbocycles. The predicted octanol–water partition coefficient (Wildman–Crippen LogP) is 1.82. The summed E-state index contributed by atoms with van der Waals surface area (Å²) in [5.41, 5.74) is 0. The molecule has 1 aromatic carbocycles. The monoisotopic (exact) mass is 235 g/mol. The van der Waals surface area contributed by atoms with Crippen molar-refractivity contribution in [1.29, 1.82) is 0 Å². The molecule has 0 unspecified atom stereocenters. The summed E-state index contributed by atoms with van der Waals surface area (Å²) in [5.74, 6) is 0.787. The zero-order valence-corrected chi connectivity index (χ0v) is 9.51. The van der Waals surface area contributed by atoms with Gasteiger partial charge >= 0.3 is 6.09 Å². The molecule has 2 rings (SSSR count). The van der Waals surface area contributed by atoms with E-state index in [0.717, 1.165) is 4.90 Å². The largest absolute Gasteiger partial charge is 0.497 e. The SMILES string of the molecule is COc1cccc(OC(=O)N2CCCC2=O)c1. The highest BCUT2D eigenvalue weighted by molar-refractivity contribution is 5.94. The standard InChI is InChI=1S/C12H13NO4/c1-16-9-4-2-5-10(8-9)17-12(15)13-7-3-6-11(13)14/h2,4-5,8H,3,6-7H2,1H3. The van der Waals surface area contributed by atoms with E-state index in [4.69, 9.17) is 9.47 Å². The minimum Gasteiger partial charge on any atom is -0.497 e.